The third-order valence-electron chi connectivity index (χ3n) is 3.26. The van der Waals surface area contributed by atoms with Crippen LogP contribution in [0.3, 0.4) is 0 Å². The topological polar surface area (TPSA) is 61.8 Å². The molecule has 1 aliphatic rings. The Morgan fingerprint density at radius 2 is 2.00 bits per heavy atom. The largest absolute Gasteiger partial charge is 0.444 e. The van der Waals surface area contributed by atoms with Gasteiger partial charge in [-0.3, -0.25) is 0 Å². The highest BCUT2D eigenvalue weighted by molar-refractivity contribution is 5.68. The van der Waals surface area contributed by atoms with E-state index in [0.717, 1.165) is 32.4 Å². The van der Waals surface area contributed by atoms with Crippen LogP contribution < -0.4 is 5.32 Å². The molecule has 1 unspecified atom stereocenters. The summed E-state index contributed by atoms with van der Waals surface area (Å²) in [6, 6.07) is 0.389. The van der Waals surface area contributed by atoms with Gasteiger partial charge in [-0.1, -0.05) is 6.92 Å². The Kier molecular flexibility index (Phi) is 6.07. The quantitative estimate of drug-likeness (QED) is 0.818. The molecule has 1 fully saturated rings. The van der Waals surface area contributed by atoms with Crippen molar-refractivity contribution in [1.29, 1.82) is 0 Å². The Hall–Kier alpha value is -0.810. The van der Waals surface area contributed by atoms with Crippen molar-refractivity contribution in [2.75, 3.05) is 19.6 Å². The minimum absolute atomic E-state index is 0.223. The zero-order valence-electron chi connectivity index (χ0n) is 12.6. The highest BCUT2D eigenvalue weighted by atomic mass is 16.6. The van der Waals surface area contributed by atoms with Crippen LogP contribution in [0.25, 0.3) is 0 Å². The molecule has 19 heavy (non-hydrogen) atoms. The van der Waals surface area contributed by atoms with E-state index >= 15 is 0 Å². The van der Waals surface area contributed by atoms with Gasteiger partial charge in [0.2, 0.25) is 0 Å². The summed E-state index contributed by atoms with van der Waals surface area (Å²) in [5.74, 6) is 0. The average Bonchev–Trinajstić information content (AvgIpc) is 2.34. The van der Waals surface area contributed by atoms with Crippen molar-refractivity contribution in [2.24, 2.45) is 0 Å². The van der Waals surface area contributed by atoms with Gasteiger partial charge in [-0.05, 0) is 40.0 Å². The van der Waals surface area contributed by atoms with Crippen molar-refractivity contribution in [1.82, 2.24) is 10.2 Å². The number of amides is 1. The van der Waals surface area contributed by atoms with E-state index in [1.165, 1.54) is 0 Å². The molecule has 5 nitrogen and oxygen atoms in total. The number of hydrogen-bond acceptors (Lipinski definition) is 4. The van der Waals surface area contributed by atoms with Crippen LogP contribution in [0.1, 0.15) is 47.0 Å². The maximum absolute atomic E-state index is 11.9. The number of aliphatic hydroxyl groups is 1. The molecular formula is C14H28N2O3. The van der Waals surface area contributed by atoms with E-state index in [4.69, 9.17) is 4.74 Å². The summed E-state index contributed by atoms with van der Waals surface area (Å²) in [4.78, 5) is 13.6. The van der Waals surface area contributed by atoms with Gasteiger partial charge in [0.05, 0.1) is 6.10 Å². The highest BCUT2D eigenvalue weighted by Crippen LogP contribution is 2.15. The second-order valence-corrected chi connectivity index (χ2v) is 6.21. The summed E-state index contributed by atoms with van der Waals surface area (Å²) in [7, 11) is 0. The van der Waals surface area contributed by atoms with Crippen molar-refractivity contribution in [3.8, 4) is 0 Å². The maximum atomic E-state index is 11.9. The number of nitrogens with zero attached hydrogens (tertiary/aromatic N) is 1. The number of nitrogens with one attached hydrogen (secondary N) is 1. The van der Waals surface area contributed by atoms with Crippen LogP contribution in [-0.4, -0.2) is 53.5 Å². The first-order valence-corrected chi connectivity index (χ1v) is 7.21. The van der Waals surface area contributed by atoms with Gasteiger partial charge in [0.25, 0.3) is 0 Å². The predicted molar refractivity (Wildman–Crippen MR) is 75.1 cm³/mol. The standard InChI is InChI=1S/C14H28N2O3/c1-5-12(17)10-15-11-6-8-16(9-7-11)13(18)19-14(2,3)4/h11-12,15,17H,5-10H2,1-4H3. The summed E-state index contributed by atoms with van der Waals surface area (Å²) in [5, 5.41) is 12.9. The van der Waals surface area contributed by atoms with E-state index in [0.29, 0.717) is 12.6 Å². The number of carbonyl (C=O) groups excluding carboxylic acids is 1. The van der Waals surface area contributed by atoms with Gasteiger partial charge in [0, 0.05) is 25.7 Å². The first-order valence-electron chi connectivity index (χ1n) is 7.21. The zero-order valence-corrected chi connectivity index (χ0v) is 12.6. The number of rotatable bonds is 4. The summed E-state index contributed by atoms with van der Waals surface area (Å²) >= 11 is 0. The Morgan fingerprint density at radius 3 is 2.47 bits per heavy atom. The highest BCUT2D eigenvalue weighted by Gasteiger charge is 2.26. The van der Waals surface area contributed by atoms with Crippen LogP contribution in [0.15, 0.2) is 0 Å². The molecule has 1 heterocycles. The lowest BCUT2D eigenvalue weighted by molar-refractivity contribution is 0.0194. The third-order valence-corrected chi connectivity index (χ3v) is 3.26. The summed E-state index contributed by atoms with van der Waals surface area (Å²) in [5.41, 5.74) is -0.433. The number of ether oxygens (including phenoxy) is 1. The zero-order chi connectivity index (χ0) is 14.5. The fourth-order valence-electron chi connectivity index (χ4n) is 2.04. The Labute approximate surface area is 116 Å². The van der Waals surface area contributed by atoms with Gasteiger partial charge in [-0.15, -0.1) is 0 Å². The molecule has 0 aliphatic carbocycles. The van der Waals surface area contributed by atoms with Crippen molar-refractivity contribution in [3.63, 3.8) is 0 Å². The predicted octanol–water partition coefficient (Wildman–Crippen LogP) is 1.75. The van der Waals surface area contributed by atoms with E-state index < -0.39 is 5.60 Å². The molecule has 0 aromatic carbocycles. The molecule has 1 amide bonds. The minimum Gasteiger partial charge on any atom is -0.444 e. The summed E-state index contributed by atoms with van der Waals surface area (Å²) in [6.45, 7) is 9.68. The normalized spacial score (nSPS) is 19.3. The summed E-state index contributed by atoms with van der Waals surface area (Å²) < 4.78 is 5.35. The van der Waals surface area contributed by atoms with E-state index in [2.05, 4.69) is 5.32 Å². The van der Waals surface area contributed by atoms with Gasteiger partial charge in [0.1, 0.15) is 5.60 Å². The van der Waals surface area contributed by atoms with Crippen molar-refractivity contribution < 1.29 is 14.6 Å². The average molecular weight is 272 g/mol. The van der Waals surface area contributed by atoms with Gasteiger partial charge < -0.3 is 20.1 Å². The van der Waals surface area contributed by atoms with E-state index in [1.807, 2.05) is 27.7 Å². The molecular weight excluding hydrogens is 244 g/mol. The molecule has 0 bridgehead atoms. The van der Waals surface area contributed by atoms with E-state index in [9.17, 15) is 9.90 Å². The molecule has 0 aromatic heterocycles. The number of aliphatic hydroxyl groups excluding tert-OH is 1. The maximum Gasteiger partial charge on any atom is 0.410 e. The molecule has 1 atom stereocenters. The molecule has 1 aliphatic heterocycles. The molecule has 1 rings (SSSR count). The molecule has 0 radical (unpaired) electrons. The smallest absolute Gasteiger partial charge is 0.410 e. The molecule has 112 valence electrons. The fraction of sp³-hybridized carbons (Fsp3) is 0.929. The monoisotopic (exact) mass is 272 g/mol. The Balaban J connectivity index is 2.27. The Bertz CT molecular complexity index is 281. The van der Waals surface area contributed by atoms with Gasteiger partial charge >= 0.3 is 6.09 Å². The van der Waals surface area contributed by atoms with Crippen LogP contribution in [0, 0.1) is 0 Å². The van der Waals surface area contributed by atoms with Gasteiger partial charge in [-0.2, -0.15) is 0 Å². The van der Waals surface area contributed by atoms with Crippen molar-refractivity contribution >= 4 is 6.09 Å². The van der Waals surface area contributed by atoms with Crippen LogP contribution in [-0.2, 0) is 4.74 Å². The second kappa shape index (κ2) is 7.10. The molecule has 0 spiro atoms. The first kappa shape index (κ1) is 16.2. The number of piperidine rings is 1. The number of hydrogen-bond donors (Lipinski definition) is 2. The lowest BCUT2D eigenvalue weighted by Gasteiger charge is -2.34. The Morgan fingerprint density at radius 1 is 1.42 bits per heavy atom. The minimum atomic E-state index is -0.433. The number of carbonyl (C=O) groups is 1. The van der Waals surface area contributed by atoms with Crippen LogP contribution in [0.2, 0.25) is 0 Å². The van der Waals surface area contributed by atoms with Crippen LogP contribution in [0.4, 0.5) is 4.79 Å². The second-order valence-electron chi connectivity index (χ2n) is 6.21. The van der Waals surface area contributed by atoms with E-state index in [-0.39, 0.29) is 12.2 Å². The first-order chi connectivity index (χ1) is 8.81. The van der Waals surface area contributed by atoms with Crippen molar-refractivity contribution in [2.45, 2.75) is 64.7 Å². The lowest BCUT2D eigenvalue weighted by Crippen LogP contribution is -2.47. The van der Waals surface area contributed by atoms with Crippen molar-refractivity contribution in [3.05, 3.63) is 0 Å². The third kappa shape index (κ3) is 6.25. The molecule has 1 saturated heterocycles. The molecule has 0 saturated carbocycles. The number of likely N-dealkylation sites (tertiary alicyclic amines) is 1. The fourth-order valence-corrected chi connectivity index (χ4v) is 2.04. The van der Waals surface area contributed by atoms with E-state index in [1.54, 1.807) is 4.90 Å². The van der Waals surface area contributed by atoms with Gasteiger partial charge in [0.15, 0.2) is 0 Å². The summed E-state index contributed by atoms with van der Waals surface area (Å²) in [6.07, 6.45) is 2.10. The SMILES string of the molecule is CCC(O)CNC1CCN(C(=O)OC(C)(C)C)CC1. The van der Waals surface area contributed by atoms with Crippen LogP contribution in [0.5, 0.6) is 0 Å². The molecule has 5 heteroatoms. The van der Waals surface area contributed by atoms with Gasteiger partial charge in [-0.25, -0.2) is 4.79 Å². The molecule has 2 N–H and O–H groups in total. The lowest BCUT2D eigenvalue weighted by atomic mass is 10.1. The molecule has 0 aromatic rings. The van der Waals surface area contributed by atoms with Crippen LogP contribution >= 0.6 is 0 Å².